The molecule has 0 radical (unpaired) electrons. The van der Waals surface area contributed by atoms with Crippen LogP contribution in [0.4, 0.5) is 24.8 Å². The van der Waals surface area contributed by atoms with Crippen molar-refractivity contribution in [2.75, 3.05) is 5.32 Å². The molecule has 184 valence electrons. The minimum atomic E-state index is -4.73. The largest absolute Gasteiger partial charge is 0.573 e. The van der Waals surface area contributed by atoms with Gasteiger partial charge in [-0.2, -0.15) is 5.21 Å². The Hall–Kier alpha value is -3.63. The molecule has 1 fully saturated rings. The molecule has 5 rings (SSSR count). The van der Waals surface area contributed by atoms with Gasteiger partial charge >= 0.3 is 6.36 Å². The highest BCUT2D eigenvalue weighted by molar-refractivity contribution is 5.84. The van der Waals surface area contributed by atoms with Crippen LogP contribution in [0.25, 0.3) is 22.4 Å². The topological polar surface area (TPSA) is 93.5 Å². The van der Waals surface area contributed by atoms with Gasteiger partial charge in [0, 0.05) is 17.3 Å². The number of halogens is 3. The predicted molar refractivity (Wildman–Crippen MR) is 125 cm³/mol. The molecular weight excluding hydrogens is 459 g/mol. The standard InChI is InChI=1S/C24H26F3N7O/c1-14-10-17(13-23(2,3)12-14)34-20-9-4-15(21-30-32-33-31-21)11-19(20)29-22(34)28-16-5-7-18(8-6-16)35-24(25,26)27/h4-9,11,14,17H,10,12-13H2,1-3H3,(H,28,29)(H,30,31,32,33)/t14-,17-/m0/s1. The normalized spacial score (nSPS) is 20.2. The van der Waals surface area contributed by atoms with Crippen LogP contribution in [0.3, 0.4) is 0 Å². The zero-order valence-corrected chi connectivity index (χ0v) is 19.6. The molecule has 0 saturated heterocycles. The van der Waals surface area contributed by atoms with Crippen LogP contribution < -0.4 is 10.1 Å². The second-order valence-electron chi connectivity index (χ2n) is 10.0. The first-order chi connectivity index (χ1) is 16.6. The van der Waals surface area contributed by atoms with Crippen molar-refractivity contribution in [3.8, 4) is 17.1 Å². The Balaban J connectivity index is 1.54. The van der Waals surface area contributed by atoms with Gasteiger partial charge in [-0.15, -0.1) is 23.4 Å². The maximum Gasteiger partial charge on any atom is 0.573 e. The van der Waals surface area contributed by atoms with Crippen LogP contribution in [0.5, 0.6) is 5.75 Å². The number of H-pyrrole nitrogens is 1. The van der Waals surface area contributed by atoms with Crippen LogP contribution in [0.1, 0.15) is 46.1 Å². The van der Waals surface area contributed by atoms with E-state index < -0.39 is 6.36 Å². The number of aromatic amines is 1. The van der Waals surface area contributed by atoms with Gasteiger partial charge in [0.05, 0.1) is 11.0 Å². The highest BCUT2D eigenvalue weighted by atomic mass is 19.4. The summed E-state index contributed by atoms with van der Waals surface area (Å²) in [6, 6.07) is 11.7. The SMILES string of the molecule is C[C@H]1C[C@H](n2c(Nc3ccc(OC(F)(F)F)cc3)nc3cc(-c4nn[nH]n4)ccc32)CC(C)(C)C1. The van der Waals surface area contributed by atoms with Crippen molar-refractivity contribution >= 4 is 22.7 Å². The Morgan fingerprint density at radius 1 is 1.11 bits per heavy atom. The van der Waals surface area contributed by atoms with E-state index in [1.807, 2.05) is 18.2 Å². The molecule has 4 aromatic rings. The van der Waals surface area contributed by atoms with Crippen LogP contribution in [-0.4, -0.2) is 36.5 Å². The minimum absolute atomic E-state index is 0.178. The van der Waals surface area contributed by atoms with Crippen LogP contribution in [0.15, 0.2) is 42.5 Å². The van der Waals surface area contributed by atoms with E-state index in [0.717, 1.165) is 35.9 Å². The van der Waals surface area contributed by atoms with E-state index >= 15 is 0 Å². The van der Waals surface area contributed by atoms with Crippen molar-refractivity contribution in [2.24, 2.45) is 11.3 Å². The van der Waals surface area contributed by atoms with Gasteiger partial charge in [-0.05, 0) is 78.3 Å². The summed E-state index contributed by atoms with van der Waals surface area (Å²) in [7, 11) is 0. The van der Waals surface area contributed by atoms with Crippen LogP contribution >= 0.6 is 0 Å². The first kappa shape index (κ1) is 23.1. The van der Waals surface area contributed by atoms with Crippen molar-refractivity contribution in [1.29, 1.82) is 0 Å². The zero-order chi connectivity index (χ0) is 24.8. The van der Waals surface area contributed by atoms with Crippen molar-refractivity contribution in [1.82, 2.24) is 30.2 Å². The van der Waals surface area contributed by atoms with Crippen molar-refractivity contribution in [3.05, 3.63) is 42.5 Å². The summed E-state index contributed by atoms with van der Waals surface area (Å²) in [4.78, 5) is 4.86. The lowest BCUT2D eigenvalue weighted by atomic mass is 9.70. The molecule has 1 saturated carbocycles. The number of rotatable bonds is 5. The van der Waals surface area contributed by atoms with Gasteiger partial charge in [0.25, 0.3) is 0 Å². The summed E-state index contributed by atoms with van der Waals surface area (Å²) >= 11 is 0. The Kier molecular flexibility index (Phi) is 5.65. The lowest BCUT2D eigenvalue weighted by molar-refractivity contribution is -0.274. The maximum atomic E-state index is 12.5. The second-order valence-corrected chi connectivity index (χ2v) is 10.0. The molecule has 1 aliphatic carbocycles. The molecule has 11 heteroatoms. The van der Waals surface area contributed by atoms with Crippen LogP contribution in [0.2, 0.25) is 0 Å². The molecule has 2 N–H and O–H groups in total. The average molecular weight is 486 g/mol. The Labute approximate surface area is 199 Å². The van der Waals surface area contributed by atoms with Crippen LogP contribution in [-0.2, 0) is 0 Å². The highest BCUT2D eigenvalue weighted by Crippen LogP contribution is 2.46. The first-order valence-electron chi connectivity index (χ1n) is 11.4. The van der Waals surface area contributed by atoms with Gasteiger partial charge in [-0.1, -0.05) is 20.8 Å². The summed E-state index contributed by atoms with van der Waals surface area (Å²) in [6.45, 7) is 6.85. The molecule has 2 aromatic carbocycles. The number of anilines is 2. The molecule has 35 heavy (non-hydrogen) atoms. The lowest BCUT2D eigenvalue weighted by Crippen LogP contribution is -2.29. The quantitative estimate of drug-likeness (QED) is 0.347. The van der Waals surface area contributed by atoms with Gasteiger partial charge in [0.2, 0.25) is 11.8 Å². The van der Waals surface area contributed by atoms with Gasteiger partial charge in [0.1, 0.15) is 5.75 Å². The van der Waals surface area contributed by atoms with E-state index in [4.69, 9.17) is 4.98 Å². The molecule has 2 atom stereocenters. The molecule has 8 nitrogen and oxygen atoms in total. The molecule has 0 amide bonds. The molecule has 0 spiro atoms. The van der Waals surface area contributed by atoms with Crippen molar-refractivity contribution in [2.45, 2.75) is 52.4 Å². The van der Waals surface area contributed by atoms with Gasteiger partial charge in [0.15, 0.2) is 0 Å². The average Bonchev–Trinajstić information content (AvgIpc) is 3.40. The number of imidazole rings is 1. The number of ether oxygens (including phenoxy) is 1. The van der Waals surface area contributed by atoms with E-state index in [1.54, 1.807) is 12.1 Å². The second kappa shape index (κ2) is 8.54. The number of benzene rings is 2. The summed E-state index contributed by atoms with van der Waals surface area (Å²) < 4.78 is 43.8. The summed E-state index contributed by atoms with van der Waals surface area (Å²) in [6.07, 6.45) is -1.58. The van der Waals surface area contributed by atoms with E-state index in [-0.39, 0.29) is 17.2 Å². The molecule has 2 aromatic heterocycles. The van der Waals surface area contributed by atoms with Crippen molar-refractivity contribution < 1.29 is 17.9 Å². The number of hydrogen-bond acceptors (Lipinski definition) is 6. The number of nitrogens with zero attached hydrogens (tertiary/aromatic N) is 5. The van der Waals surface area contributed by atoms with E-state index in [0.29, 0.717) is 23.4 Å². The number of hydrogen-bond donors (Lipinski definition) is 2. The highest BCUT2D eigenvalue weighted by Gasteiger charge is 2.35. The maximum absolute atomic E-state index is 12.5. The summed E-state index contributed by atoms with van der Waals surface area (Å²) in [5.41, 5.74) is 3.30. The Bertz CT molecular complexity index is 1310. The first-order valence-corrected chi connectivity index (χ1v) is 11.4. The summed E-state index contributed by atoms with van der Waals surface area (Å²) in [5, 5.41) is 17.5. The fourth-order valence-corrected chi connectivity index (χ4v) is 5.34. The predicted octanol–water partition coefficient (Wildman–Crippen LogP) is 6.25. The fourth-order valence-electron chi connectivity index (χ4n) is 5.34. The van der Waals surface area contributed by atoms with E-state index in [9.17, 15) is 13.2 Å². The van der Waals surface area contributed by atoms with E-state index in [1.165, 1.54) is 12.1 Å². The van der Waals surface area contributed by atoms with E-state index in [2.05, 4.69) is 56.0 Å². The molecule has 0 unspecified atom stereocenters. The third kappa shape index (κ3) is 5.08. The third-order valence-electron chi connectivity index (χ3n) is 6.37. The van der Waals surface area contributed by atoms with Gasteiger partial charge in [-0.25, -0.2) is 4.98 Å². The smallest absolute Gasteiger partial charge is 0.406 e. The Morgan fingerprint density at radius 2 is 1.89 bits per heavy atom. The molecule has 0 aliphatic heterocycles. The monoisotopic (exact) mass is 485 g/mol. The van der Waals surface area contributed by atoms with Crippen molar-refractivity contribution in [3.63, 3.8) is 0 Å². The third-order valence-corrected chi connectivity index (χ3v) is 6.37. The zero-order valence-electron chi connectivity index (χ0n) is 19.6. The molecule has 2 heterocycles. The lowest BCUT2D eigenvalue weighted by Gasteiger charge is -2.40. The number of nitrogens with one attached hydrogen (secondary N) is 2. The van der Waals surface area contributed by atoms with Gasteiger partial charge in [-0.3, -0.25) is 0 Å². The molecule has 0 bridgehead atoms. The number of aromatic nitrogens is 6. The minimum Gasteiger partial charge on any atom is -0.406 e. The number of alkyl halides is 3. The van der Waals surface area contributed by atoms with Gasteiger partial charge < -0.3 is 14.6 Å². The Morgan fingerprint density at radius 3 is 2.54 bits per heavy atom. The van der Waals surface area contributed by atoms with Crippen LogP contribution in [0, 0.1) is 11.3 Å². The summed E-state index contributed by atoms with van der Waals surface area (Å²) in [5.74, 6) is 1.38. The number of tetrazole rings is 1. The fraction of sp³-hybridized carbons (Fsp3) is 0.417. The number of fused-ring (bicyclic) bond motifs is 1. The molecule has 1 aliphatic rings. The molecular formula is C24H26F3N7O.